The van der Waals surface area contributed by atoms with Gasteiger partial charge in [0.2, 0.25) is 0 Å². The van der Waals surface area contributed by atoms with Gasteiger partial charge in [0.05, 0.1) is 5.52 Å². The highest BCUT2D eigenvalue weighted by atomic mass is 16.3. The molecule has 1 aliphatic heterocycles. The molecule has 0 unspecified atom stereocenters. The molecule has 0 amide bonds. The third kappa shape index (κ3) is 1.98. The monoisotopic (exact) mass is 245 g/mol. The van der Waals surface area contributed by atoms with Crippen LogP contribution in [0.1, 0.15) is 5.69 Å². The minimum atomic E-state index is 0.370. The highest BCUT2D eigenvalue weighted by molar-refractivity contribution is 5.87. The number of fused-ring (bicyclic) bond motifs is 1. The number of aryl methyl sites for hydroxylation is 1. The van der Waals surface area contributed by atoms with Crippen LogP contribution >= 0.6 is 0 Å². The van der Waals surface area contributed by atoms with Crippen molar-refractivity contribution in [2.75, 3.05) is 26.2 Å². The van der Waals surface area contributed by atoms with Crippen molar-refractivity contribution in [3.8, 4) is 5.75 Å². The quantitative estimate of drug-likeness (QED) is 0.837. The second kappa shape index (κ2) is 4.63. The van der Waals surface area contributed by atoms with Crippen molar-refractivity contribution in [3.63, 3.8) is 0 Å². The molecule has 4 nitrogen and oxygen atoms in total. The third-order valence-electron chi connectivity index (χ3n) is 3.76. The van der Waals surface area contributed by atoms with Crippen molar-refractivity contribution < 1.29 is 5.11 Å². The van der Waals surface area contributed by atoms with E-state index in [-0.39, 0.29) is 0 Å². The lowest BCUT2D eigenvalue weighted by molar-refractivity contribution is 0.229. The van der Waals surface area contributed by atoms with Gasteiger partial charge in [-0.25, -0.2) is 0 Å². The number of benzene rings is 1. The number of nitrogens with one attached hydrogen (secondary N) is 1. The van der Waals surface area contributed by atoms with Crippen LogP contribution in [0.4, 0.5) is 0 Å². The molecular formula is C14H19N3O. The van der Waals surface area contributed by atoms with Crippen LogP contribution in [-0.2, 0) is 13.6 Å². The van der Waals surface area contributed by atoms with Crippen LogP contribution in [-0.4, -0.2) is 40.8 Å². The molecule has 1 fully saturated rings. The summed E-state index contributed by atoms with van der Waals surface area (Å²) in [7, 11) is 2.07. The largest absolute Gasteiger partial charge is 0.507 e. The molecule has 1 saturated heterocycles. The lowest BCUT2D eigenvalue weighted by Gasteiger charge is -2.27. The average Bonchev–Trinajstić information content (AvgIpc) is 2.70. The first-order chi connectivity index (χ1) is 8.75. The number of hydrogen-bond donors (Lipinski definition) is 2. The van der Waals surface area contributed by atoms with E-state index in [0.29, 0.717) is 5.75 Å². The lowest BCUT2D eigenvalue weighted by atomic mass is 10.2. The highest BCUT2D eigenvalue weighted by Gasteiger charge is 2.14. The number of hydrogen-bond acceptors (Lipinski definition) is 3. The van der Waals surface area contributed by atoms with Gasteiger partial charge >= 0.3 is 0 Å². The molecule has 18 heavy (non-hydrogen) atoms. The summed E-state index contributed by atoms with van der Waals surface area (Å²) in [5.74, 6) is 0.370. The molecule has 0 radical (unpaired) electrons. The molecule has 96 valence electrons. The second-order valence-corrected chi connectivity index (χ2v) is 4.93. The van der Waals surface area contributed by atoms with E-state index in [1.54, 1.807) is 6.07 Å². The molecule has 1 aliphatic rings. The van der Waals surface area contributed by atoms with Gasteiger partial charge in [-0.15, -0.1) is 0 Å². The third-order valence-corrected chi connectivity index (χ3v) is 3.76. The number of rotatable bonds is 2. The van der Waals surface area contributed by atoms with Crippen molar-refractivity contribution in [3.05, 3.63) is 30.0 Å². The van der Waals surface area contributed by atoms with E-state index in [1.165, 1.54) is 5.69 Å². The first kappa shape index (κ1) is 11.6. The van der Waals surface area contributed by atoms with E-state index in [2.05, 4.69) is 34.0 Å². The van der Waals surface area contributed by atoms with Crippen molar-refractivity contribution in [2.45, 2.75) is 6.54 Å². The van der Waals surface area contributed by atoms with E-state index in [9.17, 15) is 5.11 Å². The molecule has 0 atom stereocenters. The summed E-state index contributed by atoms with van der Waals surface area (Å²) in [6.45, 7) is 5.26. The summed E-state index contributed by atoms with van der Waals surface area (Å²) in [5, 5.41) is 14.2. The molecule has 0 aliphatic carbocycles. The Bertz CT molecular complexity index is 555. The van der Waals surface area contributed by atoms with Gasteiger partial charge in [0.1, 0.15) is 5.75 Å². The smallest absolute Gasteiger partial charge is 0.124 e. The van der Waals surface area contributed by atoms with Crippen molar-refractivity contribution in [2.24, 2.45) is 7.05 Å². The molecule has 0 bridgehead atoms. The van der Waals surface area contributed by atoms with Crippen LogP contribution in [0.2, 0.25) is 0 Å². The first-order valence-electron chi connectivity index (χ1n) is 6.45. The predicted molar refractivity (Wildman–Crippen MR) is 72.7 cm³/mol. The number of nitrogens with zero attached hydrogens (tertiary/aromatic N) is 2. The molecule has 1 aromatic heterocycles. The Morgan fingerprint density at radius 1 is 1.28 bits per heavy atom. The van der Waals surface area contributed by atoms with Gasteiger partial charge in [-0.3, -0.25) is 4.90 Å². The zero-order valence-corrected chi connectivity index (χ0v) is 10.7. The SMILES string of the molecule is Cn1c(CN2CCNCC2)cc2c(O)cccc21. The molecule has 0 spiro atoms. The fourth-order valence-electron chi connectivity index (χ4n) is 2.65. The fourth-order valence-corrected chi connectivity index (χ4v) is 2.65. The topological polar surface area (TPSA) is 40.4 Å². The summed E-state index contributed by atoms with van der Waals surface area (Å²) in [6.07, 6.45) is 0. The summed E-state index contributed by atoms with van der Waals surface area (Å²) in [5.41, 5.74) is 2.36. The van der Waals surface area contributed by atoms with Crippen LogP contribution in [0.15, 0.2) is 24.3 Å². The Kier molecular flexibility index (Phi) is 2.97. The Balaban J connectivity index is 1.92. The second-order valence-electron chi connectivity index (χ2n) is 4.93. The minimum absolute atomic E-state index is 0.370. The van der Waals surface area contributed by atoms with Gasteiger partial charge < -0.3 is 15.0 Å². The van der Waals surface area contributed by atoms with Crippen LogP contribution in [0.25, 0.3) is 10.9 Å². The number of phenolic OH excluding ortho intramolecular Hbond substituents is 1. The summed E-state index contributed by atoms with van der Waals surface area (Å²) >= 11 is 0. The van der Waals surface area contributed by atoms with E-state index >= 15 is 0 Å². The van der Waals surface area contributed by atoms with Crippen molar-refractivity contribution in [1.29, 1.82) is 0 Å². The maximum absolute atomic E-state index is 9.88. The molecule has 4 heteroatoms. The van der Waals surface area contributed by atoms with Gasteiger partial charge in [-0.1, -0.05) is 6.07 Å². The Hall–Kier alpha value is -1.52. The summed E-state index contributed by atoms with van der Waals surface area (Å²) in [6, 6.07) is 7.80. The van der Waals surface area contributed by atoms with Gasteiger partial charge in [0, 0.05) is 50.9 Å². The van der Waals surface area contributed by atoms with Gasteiger partial charge in [0.25, 0.3) is 0 Å². The molecule has 2 heterocycles. The van der Waals surface area contributed by atoms with Gasteiger partial charge in [-0.2, -0.15) is 0 Å². The Morgan fingerprint density at radius 3 is 2.78 bits per heavy atom. The van der Waals surface area contributed by atoms with Crippen molar-refractivity contribution in [1.82, 2.24) is 14.8 Å². The standard InChI is InChI=1S/C14H19N3O/c1-16-11(10-17-7-5-15-6-8-17)9-12-13(16)3-2-4-14(12)18/h2-4,9,15,18H,5-8,10H2,1H3. The summed E-state index contributed by atoms with van der Waals surface area (Å²) < 4.78 is 2.18. The minimum Gasteiger partial charge on any atom is -0.507 e. The normalized spacial score (nSPS) is 17.4. The molecule has 2 aromatic rings. The van der Waals surface area contributed by atoms with Crippen LogP contribution in [0.3, 0.4) is 0 Å². The fraction of sp³-hybridized carbons (Fsp3) is 0.429. The number of phenols is 1. The van der Waals surface area contributed by atoms with E-state index in [0.717, 1.165) is 43.6 Å². The van der Waals surface area contributed by atoms with Crippen LogP contribution < -0.4 is 5.32 Å². The Morgan fingerprint density at radius 2 is 2.06 bits per heavy atom. The molecule has 0 saturated carbocycles. The molecular weight excluding hydrogens is 226 g/mol. The van der Waals surface area contributed by atoms with Crippen LogP contribution in [0.5, 0.6) is 5.75 Å². The molecule has 1 aromatic carbocycles. The first-order valence-corrected chi connectivity index (χ1v) is 6.45. The van der Waals surface area contributed by atoms with Gasteiger partial charge in [0.15, 0.2) is 0 Å². The molecule has 2 N–H and O–H groups in total. The number of aromatic hydroxyl groups is 1. The van der Waals surface area contributed by atoms with E-state index in [4.69, 9.17) is 0 Å². The zero-order chi connectivity index (χ0) is 12.5. The van der Waals surface area contributed by atoms with Crippen molar-refractivity contribution >= 4 is 10.9 Å². The van der Waals surface area contributed by atoms with E-state index < -0.39 is 0 Å². The average molecular weight is 245 g/mol. The predicted octanol–water partition coefficient (Wildman–Crippen LogP) is 1.29. The summed E-state index contributed by atoms with van der Waals surface area (Å²) in [4.78, 5) is 2.45. The van der Waals surface area contributed by atoms with Gasteiger partial charge in [-0.05, 0) is 18.2 Å². The highest BCUT2D eigenvalue weighted by Crippen LogP contribution is 2.27. The zero-order valence-electron chi connectivity index (χ0n) is 10.7. The lowest BCUT2D eigenvalue weighted by Crippen LogP contribution is -2.43. The molecule has 3 rings (SSSR count). The van der Waals surface area contributed by atoms with Crippen LogP contribution in [0, 0.1) is 0 Å². The number of aromatic nitrogens is 1. The maximum atomic E-state index is 9.88. The number of piperazine rings is 1. The van der Waals surface area contributed by atoms with E-state index in [1.807, 2.05) is 6.07 Å². The maximum Gasteiger partial charge on any atom is 0.124 e. The Labute approximate surface area is 107 Å².